The molecule has 1 amide bonds. The van der Waals surface area contributed by atoms with E-state index in [1.807, 2.05) is 18.2 Å². The summed E-state index contributed by atoms with van der Waals surface area (Å²) in [6.07, 6.45) is 1.12. The largest absolute Gasteiger partial charge is 0.482 e. The quantitative estimate of drug-likeness (QED) is 0.614. The molecule has 0 aliphatic carbocycles. The summed E-state index contributed by atoms with van der Waals surface area (Å²) in [6.45, 7) is 2.07. The first kappa shape index (κ1) is 21.1. The first-order chi connectivity index (χ1) is 15.5. The Morgan fingerprint density at radius 3 is 2.50 bits per heavy atom. The smallest absolute Gasteiger partial charge is 0.289 e. The average molecular weight is 433 g/mol. The van der Waals surface area contributed by atoms with Crippen molar-refractivity contribution in [3.63, 3.8) is 0 Å². The highest BCUT2D eigenvalue weighted by Gasteiger charge is 2.25. The lowest BCUT2D eigenvalue weighted by Gasteiger charge is -2.36. The Morgan fingerprint density at radius 1 is 1.09 bits per heavy atom. The Bertz CT molecular complexity index is 1210. The van der Waals surface area contributed by atoms with Crippen LogP contribution in [0.5, 0.6) is 5.75 Å². The molecule has 7 nitrogen and oxygen atoms in total. The van der Waals surface area contributed by atoms with Crippen molar-refractivity contribution in [2.24, 2.45) is 0 Å². The zero-order chi connectivity index (χ0) is 22.5. The van der Waals surface area contributed by atoms with Crippen LogP contribution in [-0.2, 0) is 6.61 Å². The van der Waals surface area contributed by atoms with Gasteiger partial charge in [0.2, 0.25) is 11.2 Å². The number of anilines is 1. The van der Waals surface area contributed by atoms with Gasteiger partial charge in [-0.15, -0.1) is 0 Å². The number of carbonyl (C=O) groups is 1. The molecule has 32 heavy (non-hydrogen) atoms. The van der Waals surface area contributed by atoms with Gasteiger partial charge in [-0.1, -0.05) is 24.3 Å². The number of ether oxygens (including phenoxy) is 1. The lowest BCUT2D eigenvalue weighted by Crippen LogP contribution is -2.49. The van der Waals surface area contributed by atoms with Gasteiger partial charge in [0.25, 0.3) is 5.91 Å². The molecule has 0 N–H and O–H groups in total. The number of halogens is 1. The van der Waals surface area contributed by atoms with E-state index in [1.54, 1.807) is 23.1 Å². The molecule has 2 aromatic carbocycles. The van der Waals surface area contributed by atoms with Crippen LogP contribution < -0.4 is 15.1 Å². The zero-order valence-electron chi connectivity index (χ0n) is 17.2. The predicted octanol–water partition coefficient (Wildman–Crippen LogP) is 3.19. The van der Waals surface area contributed by atoms with E-state index in [9.17, 15) is 19.2 Å². The van der Waals surface area contributed by atoms with Crippen LogP contribution in [0, 0.1) is 17.1 Å². The minimum Gasteiger partial charge on any atom is -0.482 e. The second-order valence-corrected chi connectivity index (χ2v) is 7.30. The molecule has 8 heteroatoms. The third-order valence-corrected chi connectivity index (χ3v) is 5.25. The number of amides is 1. The van der Waals surface area contributed by atoms with Crippen molar-refractivity contribution >= 4 is 11.6 Å². The van der Waals surface area contributed by atoms with E-state index < -0.39 is 5.43 Å². The average Bonchev–Trinajstić information content (AvgIpc) is 2.84. The summed E-state index contributed by atoms with van der Waals surface area (Å²) in [5.74, 6) is -0.814. The minimum absolute atomic E-state index is 0.0243. The first-order valence-corrected chi connectivity index (χ1v) is 10.1. The van der Waals surface area contributed by atoms with Gasteiger partial charge in [-0.05, 0) is 29.8 Å². The maximum atomic E-state index is 13.0. The summed E-state index contributed by atoms with van der Waals surface area (Å²) in [5.41, 5.74) is 1.66. The van der Waals surface area contributed by atoms with E-state index >= 15 is 0 Å². The number of para-hydroxylation sites is 1. The van der Waals surface area contributed by atoms with E-state index in [0.717, 1.165) is 18.0 Å². The molecule has 0 atom stereocenters. The molecule has 1 aromatic heterocycles. The summed E-state index contributed by atoms with van der Waals surface area (Å²) in [7, 11) is 0. The second kappa shape index (κ2) is 9.35. The van der Waals surface area contributed by atoms with Gasteiger partial charge in [-0.25, -0.2) is 4.39 Å². The van der Waals surface area contributed by atoms with Gasteiger partial charge in [0.05, 0.1) is 11.3 Å². The molecule has 1 fully saturated rings. The number of piperazine rings is 1. The topological polar surface area (TPSA) is 86.8 Å². The fourth-order valence-corrected chi connectivity index (χ4v) is 3.51. The lowest BCUT2D eigenvalue weighted by molar-refractivity contribution is 0.0711. The summed E-state index contributed by atoms with van der Waals surface area (Å²) >= 11 is 0. The van der Waals surface area contributed by atoms with Crippen LogP contribution in [0.15, 0.2) is 70.1 Å². The number of nitriles is 1. The van der Waals surface area contributed by atoms with Gasteiger partial charge >= 0.3 is 0 Å². The van der Waals surface area contributed by atoms with Gasteiger partial charge in [0.1, 0.15) is 24.8 Å². The SMILES string of the molecule is N#Cc1ccccc1N1CCN(C(=O)c2cc(=O)c(OCc3ccc(F)cc3)co2)CC1. The van der Waals surface area contributed by atoms with E-state index in [0.29, 0.717) is 37.3 Å². The van der Waals surface area contributed by atoms with Crippen LogP contribution in [0.1, 0.15) is 21.7 Å². The van der Waals surface area contributed by atoms with Gasteiger partial charge in [-0.2, -0.15) is 5.26 Å². The molecule has 1 saturated heterocycles. The van der Waals surface area contributed by atoms with E-state index in [4.69, 9.17) is 9.15 Å². The van der Waals surface area contributed by atoms with Crippen LogP contribution in [-0.4, -0.2) is 37.0 Å². The fourth-order valence-electron chi connectivity index (χ4n) is 3.51. The number of hydrogen-bond acceptors (Lipinski definition) is 6. The molecule has 2 heterocycles. The molecule has 0 radical (unpaired) electrons. The summed E-state index contributed by atoms with van der Waals surface area (Å²) in [5, 5.41) is 9.29. The number of benzene rings is 2. The maximum absolute atomic E-state index is 13.0. The number of nitrogens with zero attached hydrogens (tertiary/aromatic N) is 3. The third-order valence-electron chi connectivity index (χ3n) is 5.25. The Balaban J connectivity index is 1.37. The third kappa shape index (κ3) is 4.62. The number of hydrogen-bond donors (Lipinski definition) is 0. The highest BCUT2D eigenvalue weighted by Crippen LogP contribution is 2.21. The zero-order valence-corrected chi connectivity index (χ0v) is 17.2. The van der Waals surface area contributed by atoms with Crippen molar-refractivity contribution in [3.8, 4) is 11.8 Å². The minimum atomic E-state index is -0.469. The Hall–Kier alpha value is -4.12. The van der Waals surface area contributed by atoms with Crippen LogP contribution in [0.25, 0.3) is 0 Å². The van der Waals surface area contributed by atoms with Crippen LogP contribution in [0.4, 0.5) is 10.1 Å². The van der Waals surface area contributed by atoms with Crippen LogP contribution >= 0.6 is 0 Å². The van der Waals surface area contributed by atoms with Crippen molar-refractivity contribution in [1.29, 1.82) is 5.26 Å². The summed E-state index contributed by atoms with van der Waals surface area (Å²) < 4.78 is 23.8. The molecular formula is C24H20FN3O4. The Kier molecular flexibility index (Phi) is 6.17. The predicted molar refractivity (Wildman–Crippen MR) is 115 cm³/mol. The highest BCUT2D eigenvalue weighted by molar-refractivity contribution is 5.91. The standard InChI is InChI=1S/C24H20FN3O4/c25-19-7-5-17(6-8-19)15-31-23-16-32-22(13-21(23)29)24(30)28-11-9-27(10-12-28)20-4-2-1-3-18(20)14-26/h1-8,13,16H,9-12,15H2. The molecule has 0 saturated carbocycles. The van der Waals surface area contributed by atoms with Crippen LogP contribution in [0.3, 0.4) is 0 Å². The molecular weight excluding hydrogens is 413 g/mol. The summed E-state index contributed by atoms with van der Waals surface area (Å²) in [4.78, 5) is 28.8. The molecule has 162 valence electrons. The Morgan fingerprint density at radius 2 is 1.81 bits per heavy atom. The van der Waals surface area contributed by atoms with Crippen molar-refractivity contribution < 1.29 is 18.3 Å². The monoisotopic (exact) mass is 433 g/mol. The molecule has 3 aromatic rings. The lowest BCUT2D eigenvalue weighted by atomic mass is 10.1. The van der Waals surface area contributed by atoms with Crippen molar-refractivity contribution in [1.82, 2.24) is 4.90 Å². The van der Waals surface area contributed by atoms with Gasteiger partial charge in [0, 0.05) is 32.2 Å². The molecule has 1 aliphatic rings. The van der Waals surface area contributed by atoms with Crippen LogP contribution in [0.2, 0.25) is 0 Å². The summed E-state index contributed by atoms with van der Waals surface area (Å²) in [6, 6.07) is 16.4. The maximum Gasteiger partial charge on any atom is 0.289 e. The second-order valence-electron chi connectivity index (χ2n) is 7.30. The Labute approximate surface area is 183 Å². The fraction of sp³-hybridized carbons (Fsp3) is 0.208. The van der Waals surface area contributed by atoms with E-state index in [1.165, 1.54) is 12.1 Å². The number of carbonyl (C=O) groups excluding carboxylic acids is 1. The van der Waals surface area contributed by atoms with E-state index in [-0.39, 0.29) is 29.8 Å². The molecule has 1 aliphatic heterocycles. The van der Waals surface area contributed by atoms with Crippen molar-refractivity contribution in [3.05, 3.63) is 93.8 Å². The van der Waals surface area contributed by atoms with Crippen molar-refractivity contribution in [2.45, 2.75) is 6.61 Å². The molecule has 0 unspecified atom stereocenters. The first-order valence-electron chi connectivity index (χ1n) is 10.1. The number of rotatable bonds is 5. The molecule has 0 bridgehead atoms. The van der Waals surface area contributed by atoms with E-state index in [2.05, 4.69) is 11.0 Å². The normalized spacial score (nSPS) is 13.5. The highest BCUT2D eigenvalue weighted by atomic mass is 19.1. The van der Waals surface area contributed by atoms with Gasteiger partial charge < -0.3 is 19.0 Å². The molecule has 4 rings (SSSR count). The van der Waals surface area contributed by atoms with Gasteiger partial charge in [0.15, 0.2) is 5.76 Å². The molecule has 0 spiro atoms. The van der Waals surface area contributed by atoms with Gasteiger partial charge in [-0.3, -0.25) is 9.59 Å². The van der Waals surface area contributed by atoms with Crippen molar-refractivity contribution in [2.75, 3.05) is 31.1 Å².